The maximum atomic E-state index is 13.3. The van der Waals surface area contributed by atoms with Crippen LogP contribution in [0.5, 0.6) is 0 Å². The molecule has 1 unspecified atom stereocenters. The maximum Gasteiger partial charge on any atom is 0.249 e. The van der Waals surface area contributed by atoms with Gasteiger partial charge in [0, 0.05) is 40.5 Å². The van der Waals surface area contributed by atoms with Crippen molar-refractivity contribution in [2.24, 2.45) is 4.99 Å². The number of hydrogen-bond donors (Lipinski definition) is 4. The highest BCUT2D eigenvalue weighted by atomic mass is 35.5. The summed E-state index contributed by atoms with van der Waals surface area (Å²) in [6.45, 7) is 9.20. The molecule has 0 aliphatic carbocycles. The second-order valence-corrected chi connectivity index (χ2v) is 17.3. The molecule has 7 rings (SSSR count). The number of rotatable bonds is 17. The Morgan fingerprint density at radius 2 is 1.57 bits per heavy atom. The predicted octanol–water partition coefficient (Wildman–Crippen LogP) is 5.58. The number of amides is 5. The lowest BCUT2D eigenvalue weighted by Gasteiger charge is -2.21. The van der Waals surface area contributed by atoms with Crippen LogP contribution in [0.25, 0.3) is 16.0 Å². The van der Waals surface area contributed by atoms with Crippen LogP contribution in [0, 0.1) is 27.7 Å². The van der Waals surface area contributed by atoms with Gasteiger partial charge in [-0.3, -0.25) is 38.8 Å². The van der Waals surface area contributed by atoms with Gasteiger partial charge in [-0.25, -0.2) is 4.98 Å². The van der Waals surface area contributed by atoms with Gasteiger partial charge in [-0.1, -0.05) is 61.5 Å². The first-order valence-electron chi connectivity index (χ1n) is 20.9. The second-order valence-electron chi connectivity index (χ2n) is 15.7. The summed E-state index contributed by atoms with van der Waals surface area (Å²) in [6.07, 6.45) is 6.33. The maximum absolute atomic E-state index is 13.3. The highest BCUT2D eigenvalue weighted by Crippen LogP contribution is 2.39. The van der Waals surface area contributed by atoms with E-state index in [1.165, 1.54) is 4.88 Å². The lowest BCUT2D eigenvalue weighted by molar-refractivity contribution is -0.137. The van der Waals surface area contributed by atoms with Crippen molar-refractivity contribution in [3.05, 3.63) is 92.1 Å². The molecule has 0 saturated carbocycles. The molecular weight excluding hydrogens is 816 g/mol. The van der Waals surface area contributed by atoms with Gasteiger partial charge in [0.15, 0.2) is 5.82 Å². The minimum atomic E-state index is -0.747. The fourth-order valence-electron chi connectivity index (χ4n) is 7.91. The zero-order chi connectivity index (χ0) is 43.2. The molecule has 2 atom stereocenters. The Balaban J connectivity index is 0.818. The first-order chi connectivity index (χ1) is 29.4. The van der Waals surface area contributed by atoms with Gasteiger partial charge in [-0.05, 0) is 76.3 Å². The van der Waals surface area contributed by atoms with E-state index < -0.39 is 18.0 Å². The smallest absolute Gasteiger partial charge is 0.249 e. The molecular formula is C44H51ClN10O5S. The molecule has 17 heteroatoms. The van der Waals surface area contributed by atoms with Gasteiger partial charge in [-0.2, -0.15) is 0 Å². The number of carbonyl (C=O) groups is 5. The van der Waals surface area contributed by atoms with Gasteiger partial charge < -0.3 is 20.5 Å². The predicted molar refractivity (Wildman–Crippen MR) is 234 cm³/mol. The number of benzene rings is 2. The Kier molecular flexibility index (Phi) is 13.7. The largest absolute Gasteiger partial charge is 0.356 e. The summed E-state index contributed by atoms with van der Waals surface area (Å²) >= 11 is 7.91. The number of nitrogens with zero attached hydrogens (tertiary/aromatic N) is 6. The number of para-hydroxylation sites is 1. The quantitative estimate of drug-likeness (QED) is 0.0687. The molecule has 2 aromatic carbocycles. The molecule has 1 saturated heterocycles. The molecule has 15 nitrogen and oxygen atoms in total. The number of piperidine rings is 1. The van der Waals surface area contributed by atoms with Gasteiger partial charge in [0.05, 0.1) is 29.6 Å². The van der Waals surface area contributed by atoms with Crippen molar-refractivity contribution >= 4 is 69.2 Å². The summed E-state index contributed by atoms with van der Waals surface area (Å²) < 4.78 is 3.89. The molecule has 1 fully saturated rings. The summed E-state index contributed by atoms with van der Waals surface area (Å²) in [4.78, 5) is 73.6. The van der Waals surface area contributed by atoms with E-state index >= 15 is 0 Å². The number of halogens is 1. The zero-order valence-corrected chi connectivity index (χ0v) is 36.5. The lowest BCUT2D eigenvalue weighted by atomic mass is 9.99. The molecule has 5 amide bonds. The molecule has 2 aliphatic heterocycles. The fraction of sp³-hybridized carbons (Fsp3) is 0.432. The Morgan fingerprint density at radius 1 is 0.869 bits per heavy atom. The van der Waals surface area contributed by atoms with Crippen LogP contribution in [0.1, 0.15) is 108 Å². The Bertz CT molecular complexity index is 2500. The standard InChI is InChI=1S/C44H51ClN10O5S/c1-25-26(2)61-44-39(25)41(29-14-16-31(45)17-15-29)50-33(42-53-52-28(4)55(42)44)23-36(57)46-20-9-7-5-6-8-10-21-47-38(59)24-54-27(3)48-40-30(12-11-13-34(40)54)22-37(58)49-32-18-19-35(56)51-43(32)60/h11-17,32-33H,5-10,18-24H2,1-4H3,(H,46,57)(H,47,59)(H,49,58)(H,51,56,60)/t32?,33-/m0/s1. The summed E-state index contributed by atoms with van der Waals surface area (Å²) in [7, 11) is 0. The number of aryl methyl sites for hydroxylation is 3. The third kappa shape index (κ3) is 10.1. The molecule has 3 aromatic heterocycles. The average molecular weight is 867 g/mol. The van der Waals surface area contributed by atoms with E-state index in [1.54, 1.807) is 11.3 Å². The number of imidazole rings is 1. The van der Waals surface area contributed by atoms with E-state index in [-0.39, 0.29) is 55.9 Å². The van der Waals surface area contributed by atoms with Crippen molar-refractivity contribution in [2.45, 2.75) is 111 Å². The van der Waals surface area contributed by atoms with E-state index in [0.717, 1.165) is 77.3 Å². The van der Waals surface area contributed by atoms with Crippen molar-refractivity contribution in [1.82, 2.24) is 45.6 Å². The molecule has 2 aliphatic rings. The monoisotopic (exact) mass is 866 g/mol. The van der Waals surface area contributed by atoms with Crippen LogP contribution in [0.15, 0.2) is 47.5 Å². The summed E-state index contributed by atoms with van der Waals surface area (Å²) in [5.74, 6) is 0.679. The molecule has 61 heavy (non-hydrogen) atoms. The third-order valence-electron chi connectivity index (χ3n) is 11.3. The van der Waals surface area contributed by atoms with E-state index in [0.29, 0.717) is 40.8 Å². The van der Waals surface area contributed by atoms with Gasteiger partial charge in [0.25, 0.3) is 0 Å². The van der Waals surface area contributed by atoms with Gasteiger partial charge >= 0.3 is 0 Å². The molecule has 4 N–H and O–H groups in total. The Labute approximate surface area is 363 Å². The van der Waals surface area contributed by atoms with E-state index in [4.69, 9.17) is 16.6 Å². The Morgan fingerprint density at radius 3 is 2.30 bits per heavy atom. The number of unbranched alkanes of at least 4 members (excludes halogenated alkanes) is 5. The van der Waals surface area contributed by atoms with Crippen LogP contribution < -0.4 is 21.3 Å². The highest BCUT2D eigenvalue weighted by molar-refractivity contribution is 7.15. The van der Waals surface area contributed by atoms with Crippen molar-refractivity contribution in [3.8, 4) is 5.00 Å². The van der Waals surface area contributed by atoms with Crippen molar-refractivity contribution < 1.29 is 24.0 Å². The second kappa shape index (κ2) is 19.3. The van der Waals surface area contributed by atoms with Gasteiger partial charge in [0.1, 0.15) is 35.3 Å². The number of imide groups is 1. The SMILES string of the molecule is Cc1sc2c(c1C)C(c1ccc(Cl)cc1)=N[C@@H](CC(=O)NCCCCCCCCNC(=O)Cn1c(C)nc3c(CC(=O)NC4CCC(=O)NC4=O)cccc31)c1nnc(C)n1-2. The third-order valence-corrected chi connectivity index (χ3v) is 12.7. The summed E-state index contributed by atoms with van der Waals surface area (Å²) in [6, 6.07) is 11.9. The topological polar surface area (TPSA) is 194 Å². The van der Waals surface area contributed by atoms with Gasteiger partial charge in [-0.15, -0.1) is 21.5 Å². The number of fused-ring (bicyclic) bond motifs is 4. The minimum Gasteiger partial charge on any atom is -0.356 e. The highest BCUT2D eigenvalue weighted by Gasteiger charge is 2.33. The number of carbonyl (C=O) groups excluding carboxylic acids is 5. The summed E-state index contributed by atoms with van der Waals surface area (Å²) in [5.41, 5.74) is 5.99. The van der Waals surface area contributed by atoms with Crippen LogP contribution in [0.4, 0.5) is 0 Å². The van der Waals surface area contributed by atoms with Crippen LogP contribution in [-0.4, -0.2) is 78.7 Å². The van der Waals surface area contributed by atoms with Gasteiger partial charge in [0.2, 0.25) is 29.5 Å². The van der Waals surface area contributed by atoms with Crippen LogP contribution in [-0.2, 0) is 36.9 Å². The first kappa shape index (κ1) is 43.4. The summed E-state index contributed by atoms with van der Waals surface area (Å²) in [5, 5.41) is 21.6. The number of thiophene rings is 1. The van der Waals surface area contributed by atoms with Crippen LogP contribution in [0.3, 0.4) is 0 Å². The van der Waals surface area contributed by atoms with E-state index in [2.05, 4.69) is 54.9 Å². The van der Waals surface area contributed by atoms with Crippen LogP contribution >= 0.6 is 22.9 Å². The number of aliphatic imine (C=N–C) groups is 1. The normalized spacial score (nSPS) is 16.0. The van der Waals surface area contributed by atoms with E-state index in [9.17, 15) is 24.0 Å². The Hall–Kier alpha value is -5.74. The van der Waals surface area contributed by atoms with E-state index in [1.807, 2.05) is 60.9 Å². The number of nitrogens with one attached hydrogen (secondary N) is 4. The fourth-order valence-corrected chi connectivity index (χ4v) is 9.25. The number of hydrogen-bond acceptors (Lipinski definition) is 10. The molecule has 0 spiro atoms. The van der Waals surface area contributed by atoms with Crippen molar-refractivity contribution in [3.63, 3.8) is 0 Å². The zero-order valence-electron chi connectivity index (χ0n) is 34.9. The minimum absolute atomic E-state index is 0.0114. The molecule has 320 valence electrons. The van der Waals surface area contributed by atoms with Crippen molar-refractivity contribution in [1.29, 1.82) is 0 Å². The molecule has 5 heterocycles. The van der Waals surface area contributed by atoms with Crippen LogP contribution in [0.2, 0.25) is 5.02 Å². The average Bonchev–Trinajstić information content (AvgIpc) is 3.83. The lowest BCUT2D eigenvalue weighted by Crippen LogP contribution is -2.52. The molecule has 0 radical (unpaired) electrons. The first-order valence-corrected chi connectivity index (χ1v) is 22.0. The van der Waals surface area contributed by atoms with Crippen molar-refractivity contribution in [2.75, 3.05) is 13.1 Å². The number of aromatic nitrogens is 5. The molecule has 0 bridgehead atoms. The molecule has 5 aromatic rings.